The van der Waals surface area contributed by atoms with E-state index in [0.717, 1.165) is 24.8 Å². The Morgan fingerprint density at radius 3 is 2.09 bits per heavy atom. The number of nitrogens with one attached hydrogen (secondary N) is 1. The Hall–Kier alpha value is -1.81. The lowest BCUT2D eigenvalue weighted by Gasteiger charge is -2.10. The van der Waals surface area contributed by atoms with Crippen LogP contribution in [0.5, 0.6) is 0 Å². The zero-order chi connectivity index (χ0) is 16.9. The fraction of sp³-hybridized carbons (Fsp3) is 0.368. The van der Waals surface area contributed by atoms with Crippen LogP contribution in [0.4, 0.5) is 5.69 Å². The van der Waals surface area contributed by atoms with Crippen LogP contribution < -0.4 is 4.72 Å². The minimum Gasteiger partial charge on any atom is -0.280 e. The second kappa shape index (κ2) is 7.64. The maximum atomic E-state index is 12.4. The quantitative estimate of drug-likeness (QED) is 0.780. The number of benzene rings is 2. The zero-order valence-corrected chi connectivity index (χ0v) is 14.9. The van der Waals surface area contributed by atoms with E-state index < -0.39 is 10.0 Å². The van der Waals surface area contributed by atoms with Gasteiger partial charge < -0.3 is 0 Å². The van der Waals surface area contributed by atoms with Crippen LogP contribution in [0.2, 0.25) is 0 Å². The molecule has 124 valence electrons. The molecule has 2 aromatic carbocycles. The first-order chi connectivity index (χ1) is 10.9. The van der Waals surface area contributed by atoms with E-state index in [0.29, 0.717) is 11.6 Å². The van der Waals surface area contributed by atoms with Gasteiger partial charge in [0.2, 0.25) is 0 Å². The summed E-state index contributed by atoms with van der Waals surface area (Å²) in [5.74, 6) is 0.385. The van der Waals surface area contributed by atoms with Crippen molar-refractivity contribution in [1.29, 1.82) is 0 Å². The minimum atomic E-state index is -3.54. The van der Waals surface area contributed by atoms with E-state index >= 15 is 0 Å². The lowest BCUT2D eigenvalue weighted by atomic mass is 10.0. The molecule has 0 aromatic heterocycles. The highest BCUT2D eigenvalue weighted by Crippen LogP contribution is 2.20. The van der Waals surface area contributed by atoms with Crippen LogP contribution in [0, 0.1) is 0 Å². The summed E-state index contributed by atoms with van der Waals surface area (Å²) in [4.78, 5) is 0.289. The summed E-state index contributed by atoms with van der Waals surface area (Å²) in [5, 5.41) is 0. The number of aryl methyl sites for hydroxylation is 1. The average Bonchev–Trinajstić information content (AvgIpc) is 2.54. The third-order valence-electron chi connectivity index (χ3n) is 3.88. The molecular weight excluding hydrogens is 306 g/mol. The number of hydrogen-bond acceptors (Lipinski definition) is 2. The standard InChI is InChI=1S/C19H25NO2S/c1-4-5-6-16-7-11-18(12-8-16)20-23(21,22)19-13-9-17(10-14-19)15(2)3/h7-15,20H,4-6H2,1-3H3. The van der Waals surface area contributed by atoms with Crippen LogP contribution in [-0.4, -0.2) is 8.42 Å². The van der Waals surface area contributed by atoms with Gasteiger partial charge in [0.25, 0.3) is 10.0 Å². The minimum absolute atomic E-state index is 0.289. The maximum absolute atomic E-state index is 12.4. The largest absolute Gasteiger partial charge is 0.280 e. The molecule has 0 bridgehead atoms. The summed E-state index contributed by atoms with van der Waals surface area (Å²) < 4.78 is 27.5. The van der Waals surface area contributed by atoms with E-state index in [4.69, 9.17) is 0 Å². The third kappa shape index (κ3) is 4.83. The van der Waals surface area contributed by atoms with Crippen LogP contribution in [0.25, 0.3) is 0 Å². The molecule has 0 aliphatic carbocycles. The lowest BCUT2D eigenvalue weighted by Crippen LogP contribution is -2.13. The summed E-state index contributed by atoms with van der Waals surface area (Å²) in [6.45, 7) is 6.33. The predicted molar refractivity (Wildman–Crippen MR) is 96.4 cm³/mol. The summed E-state index contributed by atoms with van der Waals surface area (Å²) in [6.07, 6.45) is 3.33. The van der Waals surface area contributed by atoms with Gasteiger partial charge in [0.05, 0.1) is 4.90 Å². The van der Waals surface area contributed by atoms with Gasteiger partial charge in [-0.1, -0.05) is 51.5 Å². The number of anilines is 1. The molecule has 0 spiro atoms. The molecular formula is C19H25NO2S. The molecule has 4 heteroatoms. The van der Waals surface area contributed by atoms with Crippen LogP contribution >= 0.6 is 0 Å². The summed E-state index contributed by atoms with van der Waals surface area (Å²) in [6, 6.07) is 14.7. The molecule has 0 heterocycles. The van der Waals surface area contributed by atoms with Gasteiger partial charge in [0.1, 0.15) is 0 Å². The molecule has 1 N–H and O–H groups in total. The van der Waals surface area contributed by atoms with Gasteiger partial charge >= 0.3 is 0 Å². The van der Waals surface area contributed by atoms with E-state index in [1.165, 1.54) is 5.56 Å². The van der Waals surface area contributed by atoms with Crippen molar-refractivity contribution in [3.63, 3.8) is 0 Å². The predicted octanol–water partition coefficient (Wildman–Crippen LogP) is 4.95. The van der Waals surface area contributed by atoms with Gasteiger partial charge in [0.15, 0.2) is 0 Å². The molecule has 2 rings (SSSR count). The van der Waals surface area contributed by atoms with Gasteiger partial charge in [-0.3, -0.25) is 4.72 Å². The molecule has 3 nitrogen and oxygen atoms in total. The lowest BCUT2D eigenvalue weighted by molar-refractivity contribution is 0.601. The van der Waals surface area contributed by atoms with Crippen molar-refractivity contribution >= 4 is 15.7 Å². The van der Waals surface area contributed by atoms with Crippen molar-refractivity contribution in [2.45, 2.75) is 50.8 Å². The van der Waals surface area contributed by atoms with Crippen LogP contribution in [0.1, 0.15) is 50.7 Å². The Balaban J connectivity index is 2.11. The smallest absolute Gasteiger partial charge is 0.261 e. The highest BCUT2D eigenvalue weighted by molar-refractivity contribution is 7.92. The summed E-state index contributed by atoms with van der Waals surface area (Å²) in [7, 11) is -3.54. The fourth-order valence-corrected chi connectivity index (χ4v) is 3.42. The molecule has 0 atom stereocenters. The van der Waals surface area contributed by atoms with E-state index in [-0.39, 0.29) is 4.90 Å². The number of hydrogen-bond donors (Lipinski definition) is 1. The van der Waals surface area contributed by atoms with Gasteiger partial charge in [-0.2, -0.15) is 0 Å². The topological polar surface area (TPSA) is 46.2 Å². The van der Waals surface area contributed by atoms with Crippen molar-refractivity contribution in [3.05, 3.63) is 59.7 Å². The molecule has 0 aliphatic heterocycles. The maximum Gasteiger partial charge on any atom is 0.261 e. The molecule has 0 amide bonds. The van der Waals surface area contributed by atoms with Crippen molar-refractivity contribution < 1.29 is 8.42 Å². The molecule has 0 saturated heterocycles. The van der Waals surface area contributed by atoms with Crippen molar-refractivity contribution in [2.24, 2.45) is 0 Å². The Bertz CT molecular complexity index is 717. The van der Waals surface area contributed by atoms with Gasteiger partial charge in [-0.15, -0.1) is 0 Å². The SMILES string of the molecule is CCCCc1ccc(NS(=O)(=O)c2ccc(C(C)C)cc2)cc1. The Kier molecular flexibility index (Phi) is 5.83. The first kappa shape index (κ1) is 17.5. The summed E-state index contributed by atoms with van der Waals surface area (Å²) in [5.41, 5.74) is 2.96. The van der Waals surface area contributed by atoms with E-state index in [9.17, 15) is 8.42 Å². The normalized spacial score (nSPS) is 11.7. The van der Waals surface area contributed by atoms with E-state index in [2.05, 4.69) is 25.5 Å². The third-order valence-corrected chi connectivity index (χ3v) is 5.28. The average molecular weight is 331 g/mol. The zero-order valence-electron chi connectivity index (χ0n) is 14.0. The second-order valence-corrected chi connectivity index (χ2v) is 7.81. The van der Waals surface area contributed by atoms with Crippen LogP contribution in [0.15, 0.2) is 53.4 Å². The van der Waals surface area contributed by atoms with Crippen molar-refractivity contribution in [2.75, 3.05) is 4.72 Å². The van der Waals surface area contributed by atoms with Crippen LogP contribution in [-0.2, 0) is 16.4 Å². The van der Waals surface area contributed by atoms with Gasteiger partial charge in [0, 0.05) is 5.69 Å². The first-order valence-corrected chi connectivity index (χ1v) is 9.62. The molecule has 0 aliphatic rings. The molecule has 2 aromatic rings. The molecule has 0 saturated carbocycles. The molecule has 0 unspecified atom stereocenters. The second-order valence-electron chi connectivity index (χ2n) is 6.13. The highest BCUT2D eigenvalue weighted by atomic mass is 32.2. The van der Waals surface area contributed by atoms with Gasteiger partial charge in [-0.05, 0) is 54.2 Å². The van der Waals surface area contributed by atoms with Crippen molar-refractivity contribution in [1.82, 2.24) is 0 Å². The van der Waals surface area contributed by atoms with Gasteiger partial charge in [-0.25, -0.2) is 8.42 Å². The van der Waals surface area contributed by atoms with Crippen molar-refractivity contribution in [3.8, 4) is 0 Å². The molecule has 23 heavy (non-hydrogen) atoms. The van der Waals surface area contributed by atoms with E-state index in [1.54, 1.807) is 12.1 Å². The van der Waals surface area contributed by atoms with Crippen LogP contribution in [0.3, 0.4) is 0 Å². The monoisotopic (exact) mass is 331 g/mol. The Morgan fingerprint density at radius 2 is 1.57 bits per heavy atom. The highest BCUT2D eigenvalue weighted by Gasteiger charge is 2.14. The number of unbranched alkanes of at least 4 members (excludes halogenated alkanes) is 1. The number of sulfonamides is 1. The van der Waals surface area contributed by atoms with E-state index in [1.807, 2.05) is 36.4 Å². The number of rotatable bonds is 7. The molecule has 0 fully saturated rings. The summed E-state index contributed by atoms with van der Waals surface area (Å²) >= 11 is 0. The Labute approximate surface area is 139 Å². The first-order valence-electron chi connectivity index (χ1n) is 8.14. The molecule has 0 radical (unpaired) electrons. The fourth-order valence-electron chi connectivity index (χ4n) is 2.37. The Morgan fingerprint density at radius 1 is 0.957 bits per heavy atom.